The second kappa shape index (κ2) is 7.47. The number of halogens is 4. The van der Waals surface area contributed by atoms with Crippen LogP contribution in [-0.2, 0) is 6.42 Å². The van der Waals surface area contributed by atoms with Gasteiger partial charge in [0.25, 0.3) is 0 Å². The van der Waals surface area contributed by atoms with Gasteiger partial charge in [-0.2, -0.15) is 13.2 Å². The Morgan fingerprint density at radius 1 is 1.38 bits per heavy atom. The third-order valence-electron chi connectivity index (χ3n) is 4.26. The van der Waals surface area contributed by atoms with Crippen molar-refractivity contribution < 1.29 is 13.2 Å². The Hall–Kier alpha value is -0.0700. The number of hydrogen-bond acceptors (Lipinski definition) is 2. The van der Waals surface area contributed by atoms with Gasteiger partial charge in [0, 0.05) is 10.9 Å². The Morgan fingerprint density at radius 2 is 2.14 bits per heavy atom. The van der Waals surface area contributed by atoms with Crippen molar-refractivity contribution in [3.8, 4) is 0 Å². The molecule has 1 heterocycles. The molecule has 0 bridgehead atoms. The fourth-order valence-electron chi connectivity index (χ4n) is 3.24. The Bertz CT molecular complexity index is 446. The van der Waals surface area contributed by atoms with E-state index in [0.29, 0.717) is 12.8 Å². The molecule has 1 N–H and O–H groups in total. The molecule has 0 amide bonds. The molecular formula is C15H21BrF3NS. The Balaban J connectivity index is 2.03. The standard InChI is InChI=1S/C15H21BrF3NS/c1-2-20-13(9-12-6-7-14(16)21-12)10-4-3-5-11(8-10)15(17,18)19/h6-7,10-11,13,20H,2-5,8-9H2,1H3. The van der Waals surface area contributed by atoms with Crippen LogP contribution in [0.25, 0.3) is 0 Å². The van der Waals surface area contributed by atoms with Gasteiger partial charge in [0.2, 0.25) is 0 Å². The Labute approximate surface area is 136 Å². The molecule has 0 aromatic carbocycles. The summed E-state index contributed by atoms with van der Waals surface area (Å²) in [5.41, 5.74) is 0. The molecule has 0 radical (unpaired) electrons. The zero-order chi connectivity index (χ0) is 15.5. The summed E-state index contributed by atoms with van der Waals surface area (Å²) in [6.45, 7) is 2.81. The molecule has 1 saturated carbocycles. The molecule has 6 heteroatoms. The summed E-state index contributed by atoms with van der Waals surface area (Å²) in [4.78, 5) is 1.22. The molecular weight excluding hydrogens is 363 g/mol. The average Bonchev–Trinajstić information content (AvgIpc) is 2.83. The number of hydrogen-bond donors (Lipinski definition) is 1. The molecule has 1 aliphatic carbocycles. The maximum atomic E-state index is 13.0. The summed E-state index contributed by atoms with van der Waals surface area (Å²) < 4.78 is 40.0. The number of rotatable bonds is 5. The number of likely N-dealkylation sites (N-methyl/N-ethyl adjacent to an activating group) is 1. The van der Waals surface area contributed by atoms with E-state index < -0.39 is 12.1 Å². The van der Waals surface area contributed by atoms with Gasteiger partial charge >= 0.3 is 6.18 Å². The second-order valence-corrected chi connectivity index (χ2v) is 8.29. The second-order valence-electron chi connectivity index (χ2n) is 5.74. The molecule has 1 aromatic heterocycles. The number of alkyl halides is 3. The van der Waals surface area contributed by atoms with Gasteiger partial charge in [-0.05, 0) is 66.2 Å². The van der Waals surface area contributed by atoms with Crippen molar-refractivity contribution in [1.82, 2.24) is 5.32 Å². The quantitative estimate of drug-likeness (QED) is 0.717. The third kappa shape index (κ3) is 4.96. The largest absolute Gasteiger partial charge is 0.391 e. The van der Waals surface area contributed by atoms with E-state index in [1.54, 1.807) is 11.3 Å². The van der Waals surface area contributed by atoms with Gasteiger partial charge in [-0.15, -0.1) is 11.3 Å². The molecule has 120 valence electrons. The zero-order valence-corrected chi connectivity index (χ0v) is 14.5. The predicted octanol–water partition coefficient (Wildman–Crippen LogP) is 5.40. The highest BCUT2D eigenvalue weighted by molar-refractivity contribution is 9.11. The topological polar surface area (TPSA) is 12.0 Å². The molecule has 2 rings (SSSR count). The van der Waals surface area contributed by atoms with Gasteiger partial charge in [0.1, 0.15) is 0 Å². The lowest BCUT2D eigenvalue weighted by molar-refractivity contribution is -0.186. The summed E-state index contributed by atoms with van der Waals surface area (Å²) in [6, 6.07) is 4.21. The molecule has 1 nitrogen and oxygen atoms in total. The lowest BCUT2D eigenvalue weighted by Gasteiger charge is -2.35. The van der Waals surface area contributed by atoms with Crippen LogP contribution in [0.3, 0.4) is 0 Å². The molecule has 1 aliphatic rings. The van der Waals surface area contributed by atoms with Crippen molar-refractivity contribution >= 4 is 27.3 Å². The summed E-state index contributed by atoms with van der Waals surface area (Å²) in [7, 11) is 0. The van der Waals surface area contributed by atoms with Crippen molar-refractivity contribution in [1.29, 1.82) is 0 Å². The van der Waals surface area contributed by atoms with Crippen LogP contribution in [0.15, 0.2) is 15.9 Å². The van der Waals surface area contributed by atoms with Crippen molar-refractivity contribution in [2.75, 3.05) is 6.54 Å². The summed E-state index contributed by atoms with van der Waals surface area (Å²) >= 11 is 5.11. The van der Waals surface area contributed by atoms with Crippen LogP contribution in [0.2, 0.25) is 0 Å². The predicted molar refractivity (Wildman–Crippen MR) is 84.7 cm³/mol. The Kier molecular flexibility index (Phi) is 6.15. The zero-order valence-electron chi connectivity index (χ0n) is 12.0. The van der Waals surface area contributed by atoms with Crippen LogP contribution in [0, 0.1) is 11.8 Å². The van der Waals surface area contributed by atoms with Gasteiger partial charge in [-0.3, -0.25) is 0 Å². The molecule has 1 aromatic rings. The third-order valence-corrected chi connectivity index (χ3v) is 5.91. The van der Waals surface area contributed by atoms with Gasteiger partial charge < -0.3 is 5.32 Å². The highest BCUT2D eigenvalue weighted by Gasteiger charge is 2.43. The van der Waals surface area contributed by atoms with Crippen molar-refractivity contribution in [3.63, 3.8) is 0 Å². The normalized spacial score (nSPS) is 25.0. The van der Waals surface area contributed by atoms with E-state index >= 15 is 0 Å². The van der Waals surface area contributed by atoms with Crippen LogP contribution in [0.1, 0.15) is 37.5 Å². The minimum atomic E-state index is -4.04. The molecule has 0 spiro atoms. The fraction of sp³-hybridized carbons (Fsp3) is 0.733. The van der Waals surface area contributed by atoms with E-state index in [1.807, 2.05) is 13.0 Å². The van der Waals surface area contributed by atoms with E-state index in [4.69, 9.17) is 0 Å². The first kappa shape index (κ1) is 17.3. The van der Waals surface area contributed by atoms with Crippen LogP contribution in [0.5, 0.6) is 0 Å². The van der Waals surface area contributed by atoms with Gasteiger partial charge in [0.05, 0.1) is 9.70 Å². The molecule has 0 saturated heterocycles. The van der Waals surface area contributed by atoms with Crippen LogP contribution < -0.4 is 5.32 Å². The first-order valence-corrected chi connectivity index (χ1v) is 9.05. The summed E-state index contributed by atoms with van der Waals surface area (Å²) in [5, 5.41) is 3.41. The fourth-order valence-corrected chi connectivity index (χ4v) is 4.78. The van der Waals surface area contributed by atoms with E-state index in [1.165, 1.54) is 4.88 Å². The van der Waals surface area contributed by atoms with E-state index in [0.717, 1.165) is 23.2 Å². The van der Waals surface area contributed by atoms with Gasteiger partial charge in [-0.25, -0.2) is 0 Å². The van der Waals surface area contributed by atoms with Crippen molar-refractivity contribution in [3.05, 3.63) is 20.8 Å². The number of thiophene rings is 1. The SMILES string of the molecule is CCNC(Cc1ccc(Br)s1)C1CCCC(C(F)(F)F)C1. The van der Waals surface area contributed by atoms with E-state index in [9.17, 15) is 13.2 Å². The maximum absolute atomic E-state index is 13.0. The molecule has 1 fully saturated rings. The van der Waals surface area contributed by atoms with E-state index in [2.05, 4.69) is 27.3 Å². The first-order valence-electron chi connectivity index (χ1n) is 7.44. The minimum Gasteiger partial charge on any atom is -0.314 e. The Morgan fingerprint density at radius 3 is 2.71 bits per heavy atom. The average molecular weight is 384 g/mol. The molecule has 3 unspecified atom stereocenters. The van der Waals surface area contributed by atoms with Crippen molar-refractivity contribution in [2.45, 2.75) is 51.2 Å². The molecule has 0 aliphatic heterocycles. The lowest BCUT2D eigenvalue weighted by atomic mass is 9.76. The van der Waals surface area contributed by atoms with Crippen LogP contribution >= 0.6 is 27.3 Å². The monoisotopic (exact) mass is 383 g/mol. The molecule has 3 atom stereocenters. The minimum absolute atomic E-state index is 0.117. The molecule has 21 heavy (non-hydrogen) atoms. The van der Waals surface area contributed by atoms with Crippen molar-refractivity contribution in [2.24, 2.45) is 11.8 Å². The summed E-state index contributed by atoms with van der Waals surface area (Å²) in [6.07, 6.45) is -1.07. The maximum Gasteiger partial charge on any atom is 0.391 e. The first-order chi connectivity index (χ1) is 9.90. The lowest BCUT2D eigenvalue weighted by Crippen LogP contribution is -2.42. The van der Waals surface area contributed by atoms with Gasteiger partial charge in [-0.1, -0.05) is 13.3 Å². The van der Waals surface area contributed by atoms with Crippen LogP contribution in [0.4, 0.5) is 13.2 Å². The number of nitrogens with one attached hydrogen (secondary N) is 1. The highest BCUT2D eigenvalue weighted by Crippen LogP contribution is 2.41. The summed E-state index contributed by atoms with van der Waals surface area (Å²) in [5.74, 6) is -1.00. The van der Waals surface area contributed by atoms with Gasteiger partial charge in [0.15, 0.2) is 0 Å². The van der Waals surface area contributed by atoms with Crippen LogP contribution in [-0.4, -0.2) is 18.8 Å². The smallest absolute Gasteiger partial charge is 0.314 e. The van der Waals surface area contributed by atoms with E-state index in [-0.39, 0.29) is 18.4 Å². The highest BCUT2D eigenvalue weighted by atomic mass is 79.9.